The Morgan fingerprint density at radius 3 is 2.55 bits per heavy atom. The second kappa shape index (κ2) is 9.52. The standard InChI is InChI=1S/C24H21F4N7O3/c1-35-11-17(18(12-36)33-35)31-22-29-9-15(10-30-22)13-2-3-14(16(25)6-13)7-21(37)32-20-8-19(38-34-20)23(4-5-23)24(26,27)28/h2-3,6,8-11,36H,4-5,7,12H2,1H3,(H,29,30,31)(H,32,34,37). The maximum absolute atomic E-state index is 14.8. The van der Waals surface area contributed by atoms with Crippen molar-refractivity contribution in [2.24, 2.45) is 7.05 Å². The highest BCUT2D eigenvalue weighted by Gasteiger charge is 2.66. The first kappa shape index (κ1) is 25.3. The van der Waals surface area contributed by atoms with Gasteiger partial charge in [0.05, 0.1) is 18.7 Å². The van der Waals surface area contributed by atoms with Crippen LogP contribution >= 0.6 is 0 Å². The molecular formula is C24H21F4N7O3. The summed E-state index contributed by atoms with van der Waals surface area (Å²) < 4.78 is 60.8. The Balaban J connectivity index is 1.22. The SMILES string of the molecule is Cn1cc(Nc2ncc(-c3ccc(CC(=O)Nc4cc(C5(C(F)(F)F)CC5)on4)c(F)c3)cn2)c(CO)n1. The van der Waals surface area contributed by atoms with Gasteiger partial charge in [-0.25, -0.2) is 14.4 Å². The third-order valence-corrected chi connectivity index (χ3v) is 6.23. The number of hydrogen-bond acceptors (Lipinski definition) is 8. The maximum Gasteiger partial charge on any atom is 0.401 e. The number of aryl methyl sites for hydroxylation is 1. The third-order valence-electron chi connectivity index (χ3n) is 6.23. The largest absolute Gasteiger partial charge is 0.401 e. The summed E-state index contributed by atoms with van der Waals surface area (Å²) in [6.07, 6.45) is -0.394. The normalized spacial score (nSPS) is 14.4. The molecular weight excluding hydrogens is 510 g/mol. The molecule has 0 atom stereocenters. The monoisotopic (exact) mass is 531 g/mol. The lowest BCUT2D eigenvalue weighted by atomic mass is 10.0. The van der Waals surface area contributed by atoms with Crippen LogP contribution in [0.1, 0.15) is 29.9 Å². The van der Waals surface area contributed by atoms with E-state index in [0.29, 0.717) is 22.5 Å². The van der Waals surface area contributed by atoms with E-state index in [1.807, 2.05) is 0 Å². The molecule has 10 nitrogen and oxygen atoms in total. The van der Waals surface area contributed by atoms with Crippen molar-refractivity contribution >= 4 is 23.4 Å². The zero-order valence-electron chi connectivity index (χ0n) is 19.9. The fourth-order valence-electron chi connectivity index (χ4n) is 4.00. The number of hydrogen-bond donors (Lipinski definition) is 3. The van der Waals surface area contributed by atoms with Gasteiger partial charge < -0.3 is 20.3 Å². The predicted molar refractivity (Wildman–Crippen MR) is 126 cm³/mol. The molecule has 5 rings (SSSR count). The van der Waals surface area contributed by atoms with E-state index in [0.717, 1.165) is 6.07 Å². The number of nitrogens with zero attached hydrogens (tertiary/aromatic N) is 5. The summed E-state index contributed by atoms with van der Waals surface area (Å²) in [5.74, 6) is -1.58. The van der Waals surface area contributed by atoms with Crippen molar-refractivity contribution in [2.75, 3.05) is 10.6 Å². The Morgan fingerprint density at radius 1 is 1.18 bits per heavy atom. The van der Waals surface area contributed by atoms with Crippen LogP contribution in [0.5, 0.6) is 0 Å². The highest BCUT2D eigenvalue weighted by Crippen LogP contribution is 2.59. The van der Waals surface area contributed by atoms with Gasteiger partial charge in [0, 0.05) is 37.3 Å². The first-order valence-corrected chi connectivity index (χ1v) is 11.4. The molecule has 0 unspecified atom stereocenters. The van der Waals surface area contributed by atoms with E-state index in [-0.39, 0.29) is 49.0 Å². The lowest BCUT2D eigenvalue weighted by molar-refractivity contribution is -0.165. The van der Waals surface area contributed by atoms with Gasteiger partial charge in [-0.2, -0.15) is 18.3 Å². The van der Waals surface area contributed by atoms with Crippen LogP contribution in [0.3, 0.4) is 0 Å². The summed E-state index contributed by atoms with van der Waals surface area (Å²) in [6, 6.07) is 5.30. The van der Waals surface area contributed by atoms with Gasteiger partial charge in [0.1, 0.15) is 16.9 Å². The molecule has 198 valence electrons. The molecule has 14 heteroatoms. The second-order valence-corrected chi connectivity index (χ2v) is 8.93. The molecule has 1 saturated carbocycles. The minimum absolute atomic E-state index is 0.0799. The van der Waals surface area contributed by atoms with E-state index < -0.39 is 23.3 Å². The number of rotatable bonds is 8. The van der Waals surface area contributed by atoms with E-state index in [2.05, 4.69) is 30.9 Å². The summed E-state index contributed by atoms with van der Waals surface area (Å²) in [4.78, 5) is 20.8. The Labute approximate surface area is 212 Å². The number of carbonyl (C=O) groups excluding carboxylic acids is 1. The molecule has 0 bridgehead atoms. The van der Waals surface area contributed by atoms with Gasteiger partial charge in [0.2, 0.25) is 11.9 Å². The van der Waals surface area contributed by atoms with Crippen molar-refractivity contribution in [1.82, 2.24) is 24.9 Å². The Hall–Kier alpha value is -4.33. The van der Waals surface area contributed by atoms with Crippen molar-refractivity contribution in [3.63, 3.8) is 0 Å². The molecule has 1 aromatic carbocycles. The molecule has 38 heavy (non-hydrogen) atoms. The average molecular weight is 531 g/mol. The predicted octanol–water partition coefficient (Wildman–Crippen LogP) is 4.02. The molecule has 1 aliphatic rings. The van der Waals surface area contributed by atoms with Crippen molar-refractivity contribution in [1.29, 1.82) is 0 Å². The summed E-state index contributed by atoms with van der Waals surface area (Å²) in [5.41, 5.74) is -0.00307. The summed E-state index contributed by atoms with van der Waals surface area (Å²) in [5, 5.41) is 22.3. The highest BCUT2D eigenvalue weighted by molar-refractivity contribution is 5.91. The number of anilines is 3. The number of carbonyl (C=O) groups is 1. The van der Waals surface area contributed by atoms with Crippen LogP contribution in [-0.2, 0) is 30.3 Å². The lowest BCUT2D eigenvalue weighted by Crippen LogP contribution is -2.28. The van der Waals surface area contributed by atoms with Crippen LogP contribution in [0.4, 0.5) is 35.0 Å². The van der Waals surface area contributed by atoms with Crippen LogP contribution in [-0.4, -0.2) is 42.1 Å². The third kappa shape index (κ3) is 4.94. The number of amides is 1. The molecule has 4 aromatic rings. The van der Waals surface area contributed by atoms with Crippen molar-refractivity contribution in [2.45, 2.75) is 37.5 Å². The van der Waals surface area contributed by atoms with Gasteiger partial charge in [0.25, 0.3) is 0 Å². The zero-order valence-corrected chi connectivity index (χ0v) is 19.9. The van der Waals surface area contributed by atoms with Crippen LogP contribution in [0.15, 0.2) is 47.4 Å². The first-order chi connectivity index (χ1) is 18.1. The number of aliphatic hydroxyl groups excluding tert-OH is 1. The Kier molecular flexibility index (Phi) is 6.34. The van der Waals surface area contributed by atoms with E-state index in [4.69, 9.17) is 4.52 Å². The van der Waals surface area contributed by atoms with Gasteiger partial charge >= 0.3 is 6.18 Å². The average Bonchev–Trinajstić information content (AvgIpc) is 3.45. The van der Waals surface area contributed by atoms with Gasteiger partial charge in [0.15, 0.2) is 11.6 Å². The van der Waals surface area contributed by atoms with E-state index in [1.54, 1.807) is 19.3 Å². The summed E-state index contributed by atoms with van der Waals surface area (Å²) in [7, 11) is 1.71. The van der Waals surface area contributed by atoms with Gasteiger partial charge in [-0.1, -0.05) is 17.3 Å². The second-order valence-electron chi connectivity index (χ2n) is 8.93. The lowest BCUT2D eigenvalue weighted by Gasteiger charge is -2.14. The molecule has 1 fully saturated rings. The van der Waals surface area contributed by atoms with Gasteiger partial charge in [-0.15, -0.1) is 0 Å². The number of benzene rings is 1. The number of nitrogens with one attached hydrogen (secondary N) is 2. The molecule has 3 N–H and O–H groups in total. The van der Waals surface area contributed by atoms with Crippen LogP contribution in [0.2, 0.25) is 0 Å². The summed E-state index contributed by atoms with van der Waals surface area (Å²) >= 11 is 0. The minimum Gasteiger partial charge on any atom is -0.390 e. The number of aromatic nitrogens is 5. The van der Waals surface area contributed by atoms with Gasteiger partial charge in [-0.05, 0) is 30.0 Å². The quantitative estimate of drug-likeness (QED) is 0.291. The first-order valence-electron chi connectivity index (χ1n) is 11.4. The number of halogens is 4. The van der Waals surface area contributed by atoms with Crippen molar-refractivity contribution in [3.05, 3.63) is 65.7 Å². The number of aliphatic hydroxyl groups is 1. The fraction of sp³-hybridized carbons (Fsp3) is 0.292. The van der Waals surface area contributed by atoms with Crippen LogP contribution in [0, 0.1) is 5.82 Å². The van der Waals surface area contributed by atoms with Crippen LogP contribution in [0.25, 0.3) is 11.1 Å². The van der Waals surface area contributed by atoms with E-state index in [9.17, 15) is 27.5 Å². The molecule has 3 aromatic heterocycles. The minimum atomic E-state index is -4.47. The molecule has 3 heterocycles. The van der Waals surface area contributed by atoms with Crippen molar-refractivity contribution < 1.29 is 32.0 Å². The Morgan fingerprint density at radius 2 is 1.92 bits per heavy atom. The van der Waals surface area contributed by atoms with Crippen molar-refractivity contribution in [3.8, 4) is 11.1 Å². The smallest absolute Gasteiger partial charge is 0.390 e. The van der Waals surface area contributed by atoms with Crippen LogP contribution < -0.4 is 10.6 Å². The summed E-state index contributed by atoms with van der Waals surface area (Å²) in [6.45, 7) is -0.261. The molecule has 0 radical (unpaired) electrons. The topological polar surface area (TPSA) is 131 Å². The molecule has 1 amide bonds. The van der Waals surface area contributed by atoms with E-state index >= 15 is 0 Å². The Bertz CT molecular complexity index is 1480. The van der Waals surface area contributed by atoms with Gasteiger partial charge in [-0.3, -0.25) is 9.48 Å². The molecule has 0 spiro atoms. The molecule has 1 aliphatic carbocycles. The fourth-order valence-corrected chi connectivity index (χ4v) is 4.00. The van der Waals surface area contributed by atoms with E-state index in [1.165, 1.54) is 29.2 Å². The molecule has 0 aliphatic heterocycles. The zero-order chi connectivity index (χ0) is 27.1. The molecule has 0 saturated heterocycles. The highest BCUT2D eigenvalue weighted by atomic mass is 19.4. The maximum atomic E-state index is 14.8. The number of alkyl halides is 3.